The Bertz CT molecular complexity index is 565. The molecule has 166 valence electrons. The number of hydrogen-bond donors (Lipinski definition) is 2. The molecule has 29 heavy (non-hydrogen) atoms. The quantitative estimate of drug-likeness (QED) is 0.148. The first-order chi connectivity index (χ1) is 14.1. The zero-order valence-electron chi connectivity index (χ0n) is 19.0. The van der Waals surface area contributed by atoms with Crippen molar-refractivity contribution in [1.82, 2.24) is 0 Å². The Morgan fingerprint density at radius 3 is 1.48 bits per heavy atom. The van der Waals surface area contributed by atoms with Gasteiger partial charge in [0.15, 0.2) is 5.78 Å². The van der Waals surface area contributed by atoms with Crippen LogP contribution in [0.3, 0.4) is 0 Å². The Balaban J connectivity index is 1.94. The standard InChI is InChI=1S/C26H44O3/c1-3-4-5-6-7-8-9-10-11-12-13-14-15-16-17-18-19-23-20-26(29)24(22(2)27)21-25(23)28/h20-21,28-29H,3-19H2,1-2H3. The van der Waals surface area contributed by atoms with Crippen LogP contribution in [-0.2, 0) is 6.42 Å². The van der Waals surface area contributed by atoms with Crippen molar-refractivity contribution in [2.75, 3.05) is 0 Å². The van der Waals surface area contributed by atoms with Gasteiger partial charge >= 0.3 is 0 Å². The van der Waals surface area contributed by atoms with Gasteiger partial charge in [-0.2, -0.15) is 0 Å². The fourth-order valence-electron chi connectivity index (χ4n) is 3.97. The summed E-state index contributed by atoms with van der Waals surface area (Å²) in [5.41, 5.74) is 0.927. The largest absolute Gasteiger partial charge is 0.508 e. The van der Waals surface area contributed by atoms with Gasteiger partial charge in [0.05, 0.1) is 5.56 Å². The molecule has 1 aromatic rings. The van der Waals surface area contributed by atoms with Crippen LogP contribution in [0.1, 0.15) is 133 Å². The van der Waals surface area contributed by atoms with E-state index in [0.29, 0.717) is 0 Å². The number of phenols is 2. The number of benzene rings is 1. The van der Waals surface area contributed by atoms with Gasteiger partial charge in [0, 0.05) is 0 Å². The van der Waals surface area contributed by atoms with Crippen LogP contribution in [0.5, 0.6) is 11.5 Å². The highest BCUT2D eigenvalue weighted by molar-refractivity contribution is 5.97. The van der Waals surface area contributed by atoms with Crippen LogP contribution in [-0.4, -0.2) is 16.0 Å². The monoisotopic (exact) mass is 404 g/mol. The van der Waals surface area contributed by atoms with E-state index in [4.69, 9.17) is 0 Å². The summed E-state index contributed by atoms with van der Waals surface area (Å²) >= 11 is 0. The van der Waals surface area contributed by atoms with Gasteiger partial charge in [-0.05, 0) is 37.5 Å². The molecule has 0 unspecified atom stereocenters. The van der Waals surface area contributed by atoms with Gasteiger partial charge in [-0.3, -0.25) is 4.79 Å². The molecule has 0 amide bonds. The Kier molecular flexibility index (Phi) is 14.4. The second-order valence-electron chi connectivity index (χ2n) is 8.61. The van der Waals surface area contributed by atoms with Gasteiger partial charge in [-0.1, -0.05) is 103 Å². The van der Waals surface area contributed by atoms with Crippen molar-refractivity contribution < 1.29 is 15.0 Å². The minimum absolute atomic E-state index is 0.0261. The van der Waals surface area contributed by atoms with Gasteiger partial charge in [-0.25, -0.2) is 0 Å². The van der Waals surface area contributed by atoms with E-state index in [-0.39, 0.29) is 22.8 Å². The molecule has 2 N–H and O–H groups in total. The van der Waals surface area contributed by atoms with E-state index in [2.05, 4.69) is 6.92 Å². The van der Waals surface area contributed by atoms with E-state index in [1.807, 2.05) is 0 Å². The van der Waals surface area contributed by atoms with E-state index in [0.717, 1.165) is 24.8 Å². The number of Topliss-reactive ketones (excluding diaryl/α,β-unsaturated/α-hetero) is 1. The van der Waals surface area contributed by atoms with Crippen molar-refractivity contribution in [1.29, 1.82) is 0 Å². The normalized spacial score (nSPS) is 11.1. The lowest BCUT2D eigenvalue weighted by Gasteiger charge is -2.08. The highest BCUT2D eigenvalue weighted by Crippen LogP contribution is 2.29. The van der Waals surface area contributed by atoms with Crippen LogP contribution in [0.25, 0.3) is 0 Å². The third kappa shape index (κ3) is 11.9. The van der Waals surface area contributed by atoms with Crippen LogP contribution < -0.4 is 0 Å². The van der Waals surface area contributed by atoms with Gasteiger partial charge in [0.1, 0.15) is 11.5 Å². The van der Waals surface area contributed by atoms with Crippen LogP contribution in [0.4, 0.5) is 0 Å². The van der Waals surface area contributed by atoms with Crippen LogP contribution in [0.2, 0.25) is 0 Å². The lowest BCUT2D eigenvalue weighted by atomic mass is 10.0. The molecule has 0 saturated carbocycles. The number of aryl methyl sites for hydroxylation is 1. The van der Waals surface area contributed by atoms with Crippen molar-refractivity contribution >= 4 is 5.78 Å². The topological polar surface area (TPSA) is 57.5 Å². The number of carbonyl (C=O) groups excluding carboxylic acids is 1. The predicted octanol–water partition coefficient (Wildman–Crippen LogP) is 8.10. The molecule has 0 atom stereocenters. The molecule has 0 radical (unpaired) electrons. The van der Waals surface area contributed by atoms with Crippen LogP contribution >= 0.6 is 0 Å². The summed E-state index contributed by atoms with van der Waals surface area (Å²) in [6, 6.07) is 2.93. The van der Waals surface area contributed by atoms with E-state index in [1.165, 1.54) is 109 Å². The van der Waals surface area contributed by atoms with Crippen LogP contribution in [0.15, 0.2) is 12.1 Å². The summed E-state index contributed by atoms with van der Waals surface area (Å²) in [6.45, 7) is 3.67. The second kappa shape index (κ2) is 16.3. The average Bonchev–Trinajstić information content (AvgIpc) is 2.69. The number of ketones is 1. The molecule has 0 saturated heterocycles. The summed E-state index contributed by atoms with van der Waals surface area (Å²) < 4.78 is 0. The van der Waals surface area contributed by atoms with Crippen molar-refractivity contribution in [2.45, 2.75) is 123 Å². The Morgan fingerprint density at radius 1 is 0.655 bits per heavy atom. The second-order valence-corrected chi connectivity index (χ2v) is 8.61. The first-order valence-corrected chi connectivity index (χ1v) is 12.1. The Morgan fingerprint density at radius 2 is 1.07 bits per heavy atom. The molecule has 0 fully saturated rings. The summed E-state index contributed by atoms with van der Waals surface area (Å²) in [6.07, 6.45) is 22.2. The van der Waals surface area contributed by atoms with Gasteiger partial charge in [0.25, 0.3) is 0 Å². The maximum Gasteiger partial charge on any atom is 0.163 e. The summed E-state index contributed by atoms with van der Waals surface area (Å²) in [4.78, 5) is 11.4. The maximum atomic E-state index is 11.4. The van der Waals surface area contributed by atoms with E-state index in [9.17, 15) is 15.0 Å². The Labute approximate surface area is 178 Å². The number of unbranched alkanes of at least 4 members (excludes halogenated alkanes) is 15. The fraction of sp³-hybridized carbons (Fsp3) is 0.731. The number of carbonyl (C=O) groups is 1. The zero-order chi connectivity index (χ0) is 21.3. The van der Waals surface area contributed by atoms with Crippen LogP contribution in [0, 0.1) is 0 Å². The number of aromatic hydroxyl groups is 2. The number of hydrogen-bond acceptors (Lipinski definition) is 3. The SMILES string of the molecule is CCCCCCCCCCCCCCCCCCc1cc(O)c(C(C)=O)cc1O. The summed E-state index contributed by atoms with van der Waals surface area (Å²) in [5.74, 6) is -0.137. The summed E-state index contributed by atoms with van der Waals surface area (Å²) in [7, 11) is 0. The molecule has 0 heterocycles. The van der Waals surface area contributed by atoms with Gasteiger partial charge in [-0.15, -0.1) is 0 Å². The van der Waals surface area contributed by atoms with Crippen molar-refractivity contribution in [3.63, 3.8) is 0 Å². The first-order valence-electron chi connectivity index (χ1n) is 12.1. The maximum absolute atomic E-state index is 11.4. The molecule has 3 heteroatoms. The molecule has 0 aliphatic carbocycles. The lowest BCUT2D eigenvalue weighted by molar-refractivity contribution is 0.101. The predicted molar refractivity (Wildman–Crippen MR) is 123 cm³/mol. The number of rotatable bonds is 18. The average molecular weight is 405 g/mol. The minimum atomic E-state index is -0.230. The molecule has 0 aliphatic heterocycles. The molecule has 0 aliphatic rings. The zero-order valence-corrected chi connectivity index (χ0v) is 19.0. The summed E-state index contributed by atoms with van der Waals surface area (Å²) in [5, 5.41) is 19.9. The highest BCUT2D eigenvalue weighted by atomic mass is 16.3. The van der Waals surface area contributed by atoms with Crippen molar-refractivity contribution in [3.05, 3.63) is 23.3 Å². The molecule has 3 nitrogen and oxygen atoms in total. The molecular formula is C26H44O3. The van der Waals surface area contributed by atoms with Crippen molar-refractivity contribution in [3.8, 4) is 11.5 Å². The molecule has 0 aromatic heterocycles. The smallest absolute Gasteiger partial charge is 0.163 e. The third-order valence-electron chi connectivity index (χ3n) is 5.88. The van der Waals surface area contributed by atoms with Gasteiger partial charge < -0.3 is 10.2 Å². The minimum Gasteiger partial charge on any atom is -0.508 e. The fourth-order valence-corrected chi connectivity index (χ4v) is 3.97. The van der Waals surface area contributed by atoms with Gasteiger partial charge in [0.2, 0.25) is 0 Å². The molecule has 1 aromatic carbocycles. The van der Waals surface area contributed by atoms with E-state index < -0.39 is 0 Å². The third-order valence-corrected chi connectivity index (χ3v) is 5.88. The van der Waals surface area contributed by atoms with E-state index in [1.54, 1.807) is 0 Å². The molecule has 0 bridgehead atoms. The first kappa shape index (κ1) is 25.5. The van der Waals surface area contributed by atoms with E-state index >= 15 is 0 Å². The lowest BCUT2D eigenvalue weighted by Crippen LogP contribution is -1.95. The molecule has 1 rings (SSSR count). The Hall–Kier alpha value is -1.51. The molecule has 0 spiro atoms. The van der Waals surface area contributed by atoms with Crippen molar-refractivity contribution in [2.24, 2.45) is 0 Å². The molecular weight excluding hydrogens is 360 g/mol. The highest BCUT2D eigenvalue weighted by Gasteiger charge is 2.11. The number of phenolic OH excluding ortho intramolecular Hbond substituents is 2.